The minimum absolute atomic E-state index is 0.0377. The zero-order valence-corrected chi connectivity index (χ0v) is 17.5. The van der Waals surface area contributed by atoms with Crippen LogP contribution < -0.4 is 10.4 Å². The topological polar surface area (TPSA) is 80.2 Å². The van der Waals surface area contributed by atoms with Gasteiger partial charge >= 0.3 is 5.69 Å². The molecular formula is C22H22ClFN4O3. The number of hydrogen-bond donors (Lipinski definition) is 1. The molecule has 9 heteroatoms. The van der Waals surface area contributed by atoms with E-state index in [1.54, 1.807) is 45.9 Å². The number of nitrogens with one attached hydrogen (secondary N) is 1. The Morgan fingerprint density at radius 1 is 1.13 bits per heavy atom. The predicted octanol–water partition coefficient (Wildman–Crippen LogP) is 3.20. The highest BCUT2D eigenvalue weighted by Crippen LogP contribution is 2.26. The van der Waals surface area contributed by atoms with E-state index in [2.05, 4.69) is 10.2 Å². The fourth-order valence-electron chi connectivity index (χ4n) is 3.72. The lowest BCUT2D eigenvalue weighted by molar-refractivity contribution is -0.134. The van der Waals surface area contributed by atoms with Crippen molar-refractivity contribution in [2.75, 3.05) is 19.7 Å². The molecule has 0 saturated carbocycles. The molecule has 3 aromatic rings. The van der Waals surface area contributed by atoms with Crippen molar-refractivity contribution in [2.24, 2.45) is 0 Å². The Morgan fingerprint density at radius 3 is 2.48 bits per heavy atom. The number of H-pyrrole nitrogens is 1. The van der Waals surface area contributed by atoms with Gasteiger partial charge in [0.2, 0.25) is 0 Å². The van der Waals surface area contributed by atoms with Crippen molar-refractivity contribution < 1.29 is 13.9 Å². The number of aromatic amines is 1. The lowest BCUT2D eigenvalue weighted by Gasteiger charge is -2.31. The Balaban J connectivity index is 1.34. The highest BCUT2D eigenvalue weighted by atomic mass is 35.5. The number of piperidine rings is 1. The first-order chi connectivity index (χ1) is 15.0. The van der Waals surface area contributed by atoms with E-state index in [1.807, 2.05) is 0 Å². The average molecular weight is 445 g/mol. The number of aromatic nitrogens is 3. The number of likely N-dealkylation sites (tertiary alicyclic amines) is 1. The van der Waals surface area contributed by atoms with E-state index in [9.17, 15) is 14.0 Å². The summed E-state index contributed by atoms with van der Waals surface area (Å²) in [5, 5.41) is 7.34. The van der Waals surface area contributed by atoms with Gasteiger partial charge in [0.05, 0.1) is 6.54 Å². The number of hydrogen-bond acceptors (Lipinski definition) is 4. The number of carbonyl (C=O) groups excluding carboxylic acids is 1. The fraction of sp³-hybridized carbons (Fsp3) is 0.318. The lowest BCUT2D eigenvalue weighted by Crippen LogP contribution is -2.41. The Kier molecular flexibility index (Phi) is 6.36. The zero-order chi connectivity index (χ0) is 21.8. The number of carbonyl (C=O) groups is 1. The van der Waals surface area contributed by atoms with Crippen molar-refractivity contribution in [1.29, 1.82) is 0 Å². The molecule has 162 valence electrons. The third-order valence-electron chi connectivity index (χ3n) is 5.43. The molecule has 1 fully saturated rings. The second kappa shape index (κ2) is 9.34. The van der Waals surface area contributed by atoms with Crippen LogP contribution in [-0.4, -0.2) is 45.3 Å². The number of ether oxygens (including phenoxy) is 1. The summed E-state index contributed by atoms with van der Waals surface area (Å²) in [6, 6.07) is 12.9. The van der Waals surface area contributed by atoms with Crippen molar-refractivity contribution in [1.82, 2.24) is 19.7 Å². The molecule has 2 heterocycles. The quantitative estimate of drug-likeness (QED) is 0.633. The van der Waals surface area contributed by atoms with Gasteiger partial charge in [0, 0.05) is 24.0 Å². The summed E-state index contributed by atoms with van der Waals surface area (Å²) in [7, 11) is 0. The van der Waals surface area contributed by atoms with Gasteiger partial charge in [-0.3, -0.25) is 9.36 Å². The molecule has 0 unspecified atom stereocenters. The summed E-state index contributed by atoms with van der Waals surface area (Å²) in [5.74, 6) is 0.910. The number of halogens is 2. The van der Waals surface area contributed by atoms with Gasteiger partial charge in [-0.25, -0.2) is 14.3 Å². The van der Waals surface area contributed by atoms with Gasteiger partial charge < -0.3 is 9.64 Å². The summed E-state index contributed by atoms with van der Waals surface area (Å²) in [6.45, 7) is 1.40. The molecule has 1 amide bonds. The minimum Gasteiger partial charge on any atom is -0.484 e. The molecule has 31 heavy (non-hydrogen) atoms. The van der Waals surface area contributed by atoms with Crippen LogP contribution in [0.1, 0.15) is 30.1 Å². The maximum absolute atomic E-state index is 13.2. The fourth-order valence-corrected chi connectivity index (χ4v) is 3.85. The third-order valence-corrected chi connectivity index (χ3v) is 5.68. The van der Waals surface area contributed by atoms with Gasteiger partial charge in [-0.15, -0.1) is 0 Å². The molecular weight excluding hydrogens is 423 g/mol. The van der Waals surface area contributed by atoms with E-state index in [0.29, 0.717) is 49.1 Å². The average Bonchev–Trinajstić information content (AvgIpc) is 3.15. The summed E-state index contributed by atoms with van der Waals surface area (Å²) in [6.07, 6.45) is 1.39. The van der Waals surface area contributed by atoms with Crippen LogP contribution >= 0.6 is 11.6 Å². The van der Waals surface area contributed by atoms with Gasteiger partial charge in [-0.05, 0) is 54.8 Å². The van der Waals surface area contributed by atoms with Crippen LogP contribution in [0.3, 0.4) is 0 Å². The maximum Gasteiger partial charge on any atom is 0.343 e. The van der Waals surface area contributed by atoms with Crippen LogP contribution in [0.15, 0.2) is 53.3 Å². The molecule has 1 aliphatic rings. The number of benzene rings is 2. The predicted molar refractivity (Wildman–Crippen MR) is 114 cm³/mol. The number of amides is 1. The van der Waals surface area contributed by atoms with Crippen LogP contribution in [-0.2, 0) is 11.3 Å². The standard InChI is InChI=1S/C22H22ClFN4O3/c23-17-3-7-19(8-4-17)31-14-20(29)27-11-9-16(10-12-27)21-25-26-22(30)28(21)13-15-1-5-18(24)6-2-15/h1-8,16H,9-14H2,(H,26,30). The molecule has 4 rings (SSSR count). The molecule has 1 aliphatic heterocycles. The van der Waals surface area contributed by atoms with E-state index in [4.69, 9.17) is 16.3 Å². The van der Waals surface area contributed by atoms with Crippen LogP contribution in [0.5, 0.6) is 5.75 Å². The molecule has 0 bridgehead atoms. The van der Waals surface area contributed by atoms with E-state index in [0.717, 1.165) is 5.56 Å². The zero-order valence-electron chi connectivity index (χ0n) is 16.8. The highest BCUT2D eigenvalue weighted by molar-refractivity contribution is 6.30. The highest BCUT2D eigenvalue weighted by Gasteiger charge is 2.27. The van der Waals surface area contributed by atoms with Crippen molar-refractivity contribution in [3.8, 4) is 5.75 Å². The van der Waals surface area contributed by atoms with Crippen molar-refractivity contribution in [2.45, 2.75) is 25.3 Å². The molecule has 7 nitrogen and oxygen atoms in total. The van der Waals surface area contributed by atoms with Gasteiger partial charge in [-0.2, -0.15) is 5.10 Å². The molecule has 0 aliphatic carbocycles. The Bertz CT molecular complexity index is 1090. The molecule has 2 aromatic carbocycles. The summed E-state index contributed by atoms with van der Waals surface area (Å²) < 4.78 is 20.3. The molecule has 1 N–H and O–H groups in total. The lowest BCUT2D eigenvalue weighted by atomic mass is 9.95. The van der Waals surface area contributed by atoms with Crippen LogP contribution in [0, 0.1) is 5.82 Å². The molecule has 0 spiro atoms. The van der Waals surface area contributed by atoms with Crippen LogP contribution in [0.25, 0.3) is 0 Å². The second-order valence-corrected chi connectivity index (χ2v) is 7.93. The van der Waals surface area contributed by atoms with E-state index < -0.39 is 0 Å². The SMILES string of the molecule is O=C(COc1ccc(Cl)cc1)N1CCC(c2n[nH]c(=O)n2Cc2ccc(F)cc2)CC1. The second-order valence-electron chi connectivity index (χ2n) is 7.50. The monoisotopic (exact) mass is 444 g/mol. The summed E-state index contributed by atoms with van der Waals surface area (Å²) in [4.78, 5) is 26.5. The van der Waals surface area contributed by atoms with Crippen molar-refractivity contribution >= 4 is 17.5 Å². The smallest absolute Gasteiger partial charge is 0.343 e. The molecule has 1 saturated heterocycles. The van der Waals surface area contributed by atoms with E-state index >= 15 is 0 Å². The van der Waals surface area contributed by atoms with Gasteiger partial charge in [0.15, 0.2) is 6.61 Å². The van der Waals surface area contributed by atoms with Crippen molar-refractivity contribution in [3.63, 3.8) is 0 Å². The van der Waals surface area contributed by atoms with E-state index in [1.165, 1.54) is 12.1 Å². The first kappa shape index (κ1) is 21.1. The van der Waals surface area contributed by atoms with Crippen molar-refractivity contribution in [3.05, 3.63) is 81.2 Å². The summed E-state index contributed by atoms with van der Waals surface area (Å²) >= 11 is 5.85. The van der Waals surface area contributed by atoms with Crippen LogP contribution in [0.4, 0.5) is 4.39 Å². The molecule has 0 atom stereocenters. The normalized spacial score (nSPS) is 14.6. The Morgan fingerprint density at radius 2 is 1.81 bits per heavy atom. The molecule has 1 aromatic heterocycles. The first-order valence-corrected chi connectivity index (χ1v) is 10.4. The Labute approximate surface area is 183 Å². The minimum atomic E-state index is -0.319. The van der Waals surface area contributed by atoms with Gasteiger partial charge in [0.25, 0.3) is 5.91 Å². The van der Waals surface area contributed by atoms with Gasteiger partial charge in [-0.1, -0.05) is 23.7 Å². The Hall–Kier alpha value is -3.13. The largest absolute Gasteiger partial charge is 0.484 e. The van der Waals surface area contributed by atoms with Gasteiger partial charge in [0.1, 0.15) is 17.4 Å². The maximum atomic E-state index is 13.2. The third kappa shape index (κ3) is 5.14. The summed E-state index contributed by atoms with van der Waals surface area (Å²) in [5.41, 5.74) is 0.521. The molecule has 0 radical (unpaired) electrons. The first-order valence-electron chi connectivity index (χ1n) is 10.1. The van der Waals surface area contributed by atoms with E-state index in [-0.39, 0.29) is 29.9 Å². The number of nitrogens with zero attached hydrogens (tertiary/aromatic N) is 3. The number of rotatable bonds is 6. The van der Waals surface area contributed by atoms with Crippen LogP contribution in [0.2, 0.25) is 5.02 Å².